The fraction of sp³-hybridized carbons (Fsp3) is 0.600. The molecule has 1 aromatic heterocycles. The zero-order valence-electron chi connectivity index (χ0n) is 8.43. The molecule has 1 fully saturated rings. The highest BCUT2D eigenvalue weighted by atomic mass is 35.5. The van der Waals surface area contributed by atoms with Crippen LogP contribution in [0, 0.1) is 5.92 Å². The number of aliphatic hydroxyl groups excluding tert-OH is 1. The van der Waals surface area contributed by atoms with Crippen molar-refractivity contribution in [1.82, 2.24) is 9.97 Å². The van der Waals surface area contributed by atoms with Crippen LogP contribution in [0.15, 0.2) is 12.4 Å². The van der Waals surface area contributed by atoms with E-state index in [-0.39, 0.29) is 6.61 Å². The molecule has 1 saturated heterocycles. The standard InChI is InChI=1S/C10H14ClN3O/c11-9-5-12-10(13-6-9)14-3-1-8(7-14)2-4-15/h5-6,8,15H,1-4,7H2. The first-order chi connectivity index (χ1) is 7.29. The number of aliphatic hydroxyl groups is 1. The Hall–Kier alpha value is -0.870. The second kappa shape index (κ2) is 4.77. The summed E-state index contributed by atoms with van der Waals surface area (Å²) < 4.78 is 0. The zero-order valence-corrected chi connectivity index (χ0v) is 9.19. The summed E-state index contributed by atoms with van der Waals surface area (Å²) in [6, 6.07) is 0. The first-order valence-electron chi connectivity index (χ1n) is 5.13. The minimum Gasteiger partial charge on any atom is -0.396 e. The lowest BCUT2D eigenvalue weighted by Gasteiger charge is -2.15. The quantitative estimate of drug-likeness (QED) is 0.847. The third-order valence-corrected chi connectivity index (χ3v) is 2.91. The monoisotopic (exact) mass is 227 g/mol. The van der Waals surface area contributed by atoms with Gasteiger partial charge in [-0.05, 0) is 18.8 Å². The van der Waals surface area contributed by atoms with Crippen LogP contribution in [-0.4, -0.2) is 34.8 Å². The largest absolute Gasteiger partial charge is 0.396 e. The summed E-state index contributed by atoms with van der Waals surface area (Å²) in [5, 5.41) is 9.41. The minimum atomic E-state index is 0.264. The van der Waals surface area contributed by atoms with Crippen molar-refractivity contribution in [3.63, 3.8) is 0 Å². The van der Waals surface area contributed by atoms with Crippen molar-refractivity contribution in [3.05, 3.63) is 17.4 Å². The maximum absolute atomic E-state index is 8.85. The van der Waals surface area contributed by atoms with E-state index in [1.807, 2.05) is 0 Å². The van der Waals surface area contributed by atoms with Gasteiger partial charge in [0.1, 0.15) is 0 Å². The number of rotatable bonds is 3. The Balaban J connectivity index is 1.98. The van der Waals surface area contributed by atoms with Gasteiger partial charge >= 0.3 is 0 Å². The van der Waals surface area contributed by atoms with E-state index >= 15 is 0 Å². The lowest BCUT2D eigenvalue weighted by molar-refractivity contribution is 0.263. The number of halogens is 1. The summed E-state index contributed by atoms with van der Waals surface area (Å²) in [6.45, 7) is 2.16. The average molecular weight is 228 g/mol. The Morgan fingerprint density at radius 3 is 2.87 bits per heavy atom. The molecule has 5 heteroatoms. The van der Waals surface area contributed by atoms with Crippen LogP contribution in [0.2, 0.25) is 5.02 Å². The van der Waals surface area contributed by atoms with Crippen LogP contribution in [0.4, 0.5) is 5.95 Å². The second-order valence-electron chi connectivity index (χ2n) is 3.81. The first kappa shape index (κ1) is 10.6. The highest BCUT2D eigenvalue weighted by Crippen LogP contribution is 2.22. The van der Waals surface area contributed by atoms with Crippen LogP contribution >= 0.6 is 11.6 Å². The fourth-order valence-electron chi connectivity index (χ4n) is 1.90. The molecule has 0 spiro atoms. The summed E-state index contributed by atoms with van der Waals surface area (Å²) in [4.78, 5) is 10.5. The molecule has 1 aliphatic rings. The summed E-state index contributed by atoms with van der Waals surface area (Å²) in [7, 11) is 0. The smallest absolute Gasteiger partial charge is 0.225 e. The van der Waals surface area contributed by atoms with Crippen molar-refractivity contribution in [1.29, 1.82) is 0 Å². The van der Waals surface area contributed by atoms with E-state index in [4.69, 9.17) is 16.7 Å². The molecule has 1 unspecified atom stereocenters. The maximum Gasteiger partial charge on any atom is 0.225 e. The molecule has 0 saturated carbocycles. The van der Waals surface area contributed by atoms with Crippen molar-refractivity contribution in [3.8, 4) is 0 Å². The molecular weight excluding hydrogens is 214 g/mol. The zero-order chi connectivity index (χ0) is 10.7. The number of anilines is 1. The Morgan fingerprint density at radius 1 is 1.47 bits per heavy atom. The van der Waals surface area contributed by atoms with Crippen LogP contribution in [0.3, 0.4) is 0 Å². The molecule has 82 valence electrons. The molecule has 1 aliphatic heterocycles. The van der Waals surface area contributed by atoms with Crippen molar-refractivity contribution in [2.24, 2.45) is 5.92 Å². The van der Waals surface area contributed by atoms with Gasteiger partial charge in [0, 0.05) is 19.7 Å². The van der Waals surface area contributed by atoms with Gasteiger partial charge in [0.25, 0.3) is 0 Å². The van der Waals surface area contributed by atoms with Gasteiger partial charge < -0.3 is 10.0 Å². The normalized spacial score (nSPS) is 20.9. The highest BCUT2D eigenvalue weighted by Gasteiger charge is 2.23. The van der Waals surface area contributed by atoms with Gasteiger partial charge in [-0.15, -0.1) is 0 Å². The average Bonchev–Trinajstić information content (AvgIpc) is 2.68. The SMILES string of the molecule is OCCC1CCN(c2ncc(Cl)cn2)C1. The van der Waals surface area contributed by atoms with Crippen molar-refractivity contribution < 1.29 is 5.11 Å². The van der Waals surface area contributed by atoms with E-state index in [0.717, 1.165) is 31.9 Å². The first-order valence-corrected chi connectivity index (χ1v) is 5.50. The van der Waals surface area contributed by atoms with Gasteiger partial charge in [-0.3, -0.25) is 0 Å². The molecule has 0 bridgehead atoms. The molecule has 1 N–H and O–H groups in total. The van der Waals surface area contributed by atoms with Crippen LogP contribution in [0.25, 0.3) is 0 Å². The number of hydrogen-bond acceptors (Lipinski definition) is 4. The molecule has 1 aromatic rings. The van der Waals surface area contributed by atoms with Crippen LogP contribution in [-0.2, 0) is 0 Å². The molecule has 2 heterocycles. The topological polar surface area (TPSA) is 49.2 Å². The Labute approximate surface area is 93.9 Å². The van der Waals surface area contributed by atoms with E-state index < -0.39 is 0 Å². The van der Waals surface area contributed by atoms with Gasteiger partial charge in [-0.2, -0.15) is 0 Å². The van der Waals surface area contributed by atoms with E-state index in [1.165, 1.54) is 0 Å². The van der Waals surface area contributed by atoms with Crippen molar-refractivity contribution in [2.75, 3.05) is 24.6 Å². The second-order valence-corrected chi connectivity index (χ2v) is 4.25. The predicted octanol–water partition coefficient (Wildman–Crippen LogP) is 1.34. The summed E-state index contributed by atoms with van der Waals surface area (Å²) >= 11 is 5.72. The van der Waals surface area contributed by atoms with Crippen LogP contribution in [0.1, 0.15) is 12.8 Å². The van der Waals surface area contributed by atoms with Crippen LogP contribution < -0.4 is 4.90 Å². The molecule has 2 rings (SSSR count). The molecule has 0 amide bonds. The minimum absolute atomic E-state index is 0.264. The lowest BCUT2D eigenvalue weighted by atomic mass is 10.1. The highest BCUT2D eigenvalue weighted by molar-refractivity contribution is 6.30. The molecular formula is C10H14ClN3O. The summed E-state index contributed by atoms with van der Waals surface area (Å²) in [5.41, 5.74) is 0. The summed E-state index contributed by atoms with van der Waals surface area (Å²) in [5.74, 6) is 1.30. The van der Waals surface area contributed by atoms with Gasteiger partial charge in [-0.25, -0.2) is 9.97 Å². The predicted molar refractivity (Wildman–Crippen MR) is 59.1 cm³/mol. The summed E-state index contributed by atoms with van der Waals surface area (Å²) in [6.07, 6.45) is 5.20. The van der Waals surface area contributed by atoms with E-state index in [2.05, 4.69) is 14.9 Å². The number of hydrogen-bond donors (Lipinski definition) is 1. The maximum atomic E-state index is 8.85. The molecule has 15 heavy (non-hydrogen) atoms. The van der Waals surface area contributed by atoms with E-state index in [9.17, 15) is 0 Å². The third-order valence-electron chi connectivity index (χ3n) is 2.71. The Morgan fingerprint density at radius 2 is 2.20 bits per heavy atom. The lowest BCUT2D eigenvalue weighted by Crippen LogP contribution is -2.22. The van der Waals surface area contributed by atoms with Gasteiger partial charge in [-0.1, -0.05) is 11.6 Å². The Bertz CT molecular complexity index is 317. The molecule has 0 aliphatic carbocycles. The van der Waals surface area contributed by atoms with Crippen molar-refractivity contribution >= 4 is 17.5 Å². The van der Waals surface area contributed by atoms with Crippen LogP contribution in [0.5, 0.6) is 0 Å². The molecule has 0 aromatic carbocycles. The molecule has 4 nitrogen and oxygen atoms in total. The number of nitrogens with zero attached hydrogens (tertiary/aromatic N) is 3. The molecule has 1 atom stereocenters. The molecule has 0 radical (unpaired) electrons. The van der Waals surface area contributed by atoms with Crippen molar-refractivity contribution in [2.45, 2.75) is 12.8 Å². The Kier molecular flexibility index (Phi) is 3.38. The fourth-order valence-corrected chi connectivity index (χ4v) is 2.00. The van der Waals surface area contributed by atoms with Gasteiger partial charge in [0.15, 0.2) is 0 Å². The van der Waals surface area contributed by atoms with Gasteiger partial charge in [0.05, 0.1) is 17.4 Å². The van der Waals surface area contributed by atoms with E-state index in [0.29, 0.717) is 10.9 Å². The van der Waals surface area contributed by atoms with E-state index in [1.54, 1.807) is 12.4 Å². The van der Waals surface area contributed by atoms with Gasteiger partial charge in [0.2, 0.25) is 5.95 Å². The number of aromatic nitrogens is 2. The third kappa shape index (κ3) is 2.58.